The second-order valence-corrected chi connectivity index (χ2v) is 8.71. The van der Waals surface area contributed by atoms with Gasteiger partial charge in [-0.2, -0.15) is 8.42 Å². The van der Waals surface area contributed by atoms with Gasteiger partial charge in [-0.15, -0.1) is 0 Å². The van der Waals surface area contributed by atoms with Gasteiger partial charge in [0.15, 0.2) is 0 Å². The van der Waals surface area contributed by atoms with Gasteiger partial charge in [0.2, 0.25) is 0 Å². The molecule has 0 aliphatic rings. The molecule has 1 aromatic carbocycles. The highest BCUT2D eigenvalue weighted by Crippen LogP contribution is 2.51. The molecule has 3 nitrogen and oxygen atoms in total. The molecule has 1 rings (SSSR count). The van der Waals surface area contributed by atoms with E-state index in [1.165, 1.54) is 0 Å². The van der Waals surface area contributed by atoms with Gasteiger partial charge in [-0.25, -0.2) is 3.63 Å². The molecule has 15 heavy (non-hydrogen) atoms. The highest BCUT2D eigenvalue weighted by atomic mass is 32.3. The van der Waals surface area contributed by atoms with Crippen LogP contribution in [0.3, 0.4) is 0 Å². The quantitative estimate of drug-likeness (QED) is 0.824. The molecule has 86 valence electrons. The van der Waals surface area contributed by atoms with E-state index in [1.807, 2.05) is 43.7 Å². The maximum atomic E-state index is 11.1. The first-order valence-corrected chi connectivity index (χ1v) is 8.61. The predicted octanol–water partition coefficient (Wildman–Crippen LogP) is 2.31. The average Bonchev–Trinajstić information content (AvgIpc) is 2.00. The molecule has 1 aromatic rings. The lowest BCUT2D eigenvalue weighted by molar-refractivity contribution is 0.519. The van der Waals surface area contributed by atoms with Gasteiger partial charge >= 0.3 is 0 Å². The van der Waals surface area contributed by atoms with E-state index < -0.39 is 20.4 Å². The second kappa shape index (κ2) is 4.15. The minimum absolute atomic E-state index is 0.929. The lowest BCUT2D eigenvalue weighted by atomic mass is 10.2. The van der Waals surface area contributed by atoms with Gasteiger partial charge < -0.3 is 0 Å². The first-order valence-electron chi connectivity index (χ1n) is 4.42. The van der Waals surface area contributed by atoms with Gasteiger partial charge in [0.05, 0.1) is 6.26 Å². The number of benzene rings is 1. The Labute approximate surface area is 93.1 Å². The fourth-order valence-electron chi connectivity index (χ4n) is 1.21. The fraction of sp³-hybridized carbons (Fsp3) is 0.400. The van der Waals surface area contributed by atoms with Gasteiger partial charge in [0.1, 0.15) is 0 Å². The zero-order valence-electron chi connectivity index (χ0n) is 9.35. The maximum absolute atomic E-state index is 11.1. The molecule has 0 saturated heterocycles. The van der Waals surface area contributed by atoms with Crippen LogP contribution < -0.4 is 0 Å². The van der Waals surface area contributed by atoms with Crippen LogP contribution >= 0.6 is 10.3 Å². The Morgan fingerprint density at radius 2 is 1.47 bits per heavy atom. The van der Waals surface area contributed by atoms with Crippen LogP contribution in [0.5, 0.6) is 0 Å². The largest absolute Gasteiger partial charge is 0.273 e. The summed E-state index contributed by atoms with van der Waals surface area (Å²) in [6.45, 7) is 1.99. The summed E-state index contributed by atoms with van der Waals surface area (Å²) in [7, 11) is -5.13. The Morgan fingerprint density at radius 1 is 1.00 bits per heavy atom. The topological polar surface area (TPSA) is 43.4 Å². The first-order chi connectivity index (χ1) is 6.71. The van der Waals surface area contributed by atoms with Crippen molar-refractivity contribution in [1.29, 1.82) is 0 Å². The summed E-state index contributed by atoms with van der Waals surface area (Å²) in [6, 6.07) is 7.73. The number of hydrogen-bond donors (Lipinski definition) is 0. The van der Waals surface area contributed by atoms with Crippen LogP contribution in [0.2, 0.25) is 0 Å². The van der Waals surface area contributed by atoms with Crippen LogP contribution in [0, 0.1) is 6.92 Å². The summed E-state index contributed by atoms with van der Waals surface area (Å²) in [5.41, 5.74) is 1.15. The number of hydrogen-bond acceptors (Lipinski definition) is 3. The summed E-state index contributed by atoms with van der Waals surface area (Å²) >= 11 is 0. The molecule has 0 aromatic heterocycles. The molecule has 0 atom stereocenters. The Bertz CT molecular complexity index is 432. The third kappa shape index (κ3) is 3.85. The van der Waals surface area contributed by atoms with Crippen molar-refractivity contribution >= 4 is 20.4 Å². The molecule has 0 unspecified atom stereocenters. The average molecular weight is 248 g/mol. The molecule has 0 heterocycles. The monoisotopic (exact) mass is 248 g/mol. The molecule has 0 aliphatic carbocycles. The highest BCUT2D eigenvalue weighted by Gasteiger charge is 2.20. The summed E-state index contributed by atoms with van der Waals surface area (Å²) in [6.07, 6.45) is 4.72. The Kier molecular flexibility index (Phi) is 3.48. The predicted molar refractivity (Wildman–Crippen MR) is 64.8 cm³/mol. The first kappa shape index (κ1) is 12.5. The molecule has 0 fully saturated rings. The minimum Gasteiger partial charge on any atom is -0.216 e. The van der Waals surface area contributed by atoms with Gasteiger partial charge in [-0.3, -0.25) is 0 Å². The molecule has 0 saturated carbocycles. The zero-order chi connectivity index (χ0) is 11.7. The lowest BCUT2D eigenvalue weighted by Crippen LogP contribution is -2.08. The van der Waals surface area contributed by atoms with Gasteiger partial charge in [0, 0.05) is 4.90 Å². The zero-order valence-corrected chi connectivity index (χ0v) is 11.0. The van der Waals surface area contributed by atoms with Crippen molar-refractivity contribution in [2.75, 3.05) is 18.8 Å². The van der Waals surface area contributed by atoms with Crippen LogP contribution in [-0.4, -0.2) is 27.2 Å². The molecule has 0 amide bonds. The minimum atomic E-state index is -3.40. The molecule has 0 N–H and O–H groups in total. The molecule has 0 radical (unpaired) electrons. The number of rotatable bonds is 3. The van der Waals surface area contributed by atoms with E-state index in [1.54, 1.807) is 0 Å². The van der Waals surface area contributed by atoms with Gasteiger partial charge in [-0.1, -0.05) is 28.0 Å². The van der Waals surface area contributed by atoms with Gasteiger partial charge in [0.25, 0.3) is 10.1 Å². The van der Waals surface area contributed by atoms with Crippen LogP contribution in [0.15, 0.2) is 29.2 Å². The van der Waals surface area contributed by atoms with Crippen LogP contribution in [-0.2, 0) is 13.7 Å². The normalized spacial score (nSPS) is 13.9. The van der Waals surface area contributed by atoms with Crippen LogP contribution in [0.1, 0.15) is 5.56 Å². The Balaban J connectivity index is 3.00. The molecule has 5 heteroatoms. The summed E-state index contributed by atoms with van der Waals surface area (Å²) in [5, 5.41) is 0. The van der Waals surface area contributed by atoms with Crippen molar-refractivity contribution in [3.05, 3.63) is 29.8 Å². The summed E-state index contributed by atoms with van der Waals surface area (Å²) < 4.78 is 27.3. The van der Waals surface area contributed by atoms with Crippen molar-refractivity contribution in [2.24, 2.45) is 0 Å². The number of aryl methyl sites for hydroxylation is 1. The summed E-state index contributed by atoms with van der Waals surface area (Å²) in [4.78, 5) is 0.929. The van der Waals surface area contributed by atoms with Crippen molar-refractivity contribution in [3.8, 4) is 0 Å². The molecular formula is C10H16O3S2. The standard InChI is InChI=1S/C10H16O3S2/c1-9-5-7-10(8-6-9)14(2,3)13-15(4,11)12/h5-8H,1-4H3. The lowest BCUT2D eigenvalue weighted by Gasteiger charge is -2.29. The van der Waals surface area contributed by atoms with E-state index in [-0.39, 0.29) is 0 Å². The molecule has 0 aliphatic heterocycles. The second-order valence-electron chi connectivity index (χ2n) is 3.82. The highest BCUT2D eigenvalue weighted by molar-refractivity contribution is 8.32. The molecule has 0 bridgehead atoms. The van der Waals surface area contributed by atoms with E-state index in [2.05, 4.69) is 0 Å². The Hall–Kier alpha value is -0.520. The van der Waals surface area contributed by atoms with E-state index in [4.69, 9.17) is 3.63 Å². The van der Waals surface area contributed by atoms with Crippen molar-refractivity contribution in [1.82, 2.24) is 0 Å². The van der Waals surface area contributed by atoms with Crippen molar-refractivity contribution in [2.45, 2.75) is 11.8 Å². The maximum Gasteiger partial charge on any atom is 0.273 e. The fourth-order valence-corrected chi connectivity index (χ4v) is 4.79. The van der Waals surface area contributed by atoms with E-state index in [9.17, 15) is 8.42 Å². The molecule has 0 spiro atoms. The summed E-state index contributed by atoms with van der Waals surface area (Å²) in [5.74, 6) is 0. The van der Waals surface area contributed by atoms with Crippen molar-refractivity contribution < 1.29 is 12.0 Å². The van der Waals surface area contributed by atoms with Gasteiger partial charge in [-0.05, 0) is 31.6 Å². The SMILES string of the molecule is Cc1ccc(S(C)(C)OS(C)(=O)=O)cc1. The third-order valence-corrected chi connectivity index (χ3v) is 5.64. The van der Waals surface area contributed by atoms with E-state index in [0.717, 1.165) is 16.7 Å². The van der Waals surface area contributed by atoms with Crippen LogP contribution in [0.4, 0.5) is 0 Å². The Morgan fingerprint density at radius 3 is 1.87 bits per heavy atom. The smallest absolute Gasteiger partial charge is 0.216 e. The van der Waals surface area contributed by atoms with Crippen molar-refractivity contribution in [3.63, 3.8) is 0 Å². The molecular weight excluding hydrogens is 232 g/mol. The van der Waals surface area contributed by atoms with Crippen LogP contribution in [0.25, 0.3) is 0 Å². The van der Waals surface area contributed by atoms with E-state index >= 15 is 0 Å². The van der Waals surface area contributed by atoms with E-state index in [0.29, 0.717) is 0 Å². The third-order valence-electron chi connectivity index (χ3n) is 1.88.